The maximum atomic E-state index is 13.3. The molecule has 1 amide bonds. The smallest absolute Gasteiger partial charge is 0.282 e. The summed E-state index contributed by atoms with van der Waals surface area (Å²) in [4.78, 5) is 65.4. The summed E-state index contributed by atoms with van der Waals surface area (Å²) in [6.07, 6.45) is 3.22. The fraction of sp³-hybridized carbons (Fsp3) is 0.143. The highest BCUT2D eigenvalue weighted by molar-refractivity contribution is 9.10. The Bertz CT molecular complexity index is 2670. The van der Waals surface area contributed by atoms with Gasteiger partial charge in [0.25, 0.3) is 5.91 Å². The van der Waals surface area contributed by atoms with Crippen LogP contribution in [-0.4, -0.2) is 50.0 Å². The van der Waals surface area contributed by atoms with E-state index in [1.54, 1.807) is 36.7 Å². The fourth-order valence-electron chi connectivity index (χ4n) is 6.16. The lowest BCUT2D eigenvalue weighted by atomic mass is 9.97. The number of carbonyl (C=O) groups excluding carboxylic acids is 2. The summed E-state index contributed by atoms with van der Waals surface area (Å²) >= 11 is 6.75. The van der Waals surface area contributed by atoms with Gasteiger partial charge in [-0.25, -0.2) is 15.0 Å². The van der Waals surface area contributed by atoms with Gasteiger partial charge in [-0.05, 0) is 99.8 Å². The highest BCUT2D eigenvalue weighted by Gasteiger charge is 2.20. The SMILES string of the molecule is CON(C)C(=O)c1cn(Cc2cccc(Br)n2)c2ccccc2c1=O.Cc1ccc(C(=O)c2cn(Cc3cccc(Br)n3)c3ccccc3c2=O)c(C)c1. The molecule has 0 unspecified atom stereocenters. The van der Waals surface area contributed by atoms with Crippen molar-refractivity contribution in [1.82, 2.24) is 24.2 Å². The van der Waals surface area contributed by atoms with Crippen molar-refractivity contribution >= 4 is 65.4 Å². The molecule has 0 saturated carbocycles. The zero-order valence-corrected chi connectivity index (χ0v) is 33.1. The lowest BCUT2D eigenvalue weighted by Crippen LogP contribution is -2.31. The Balaban J connectivity index is 0.000000186. The molecule has 12 heteroatoms. The van der Waals surface area contributed by atoms with Gasteiger partial charge in [-0.1, -0.05) is 60.2 Å². The quantitative estimate of drug-likeness (QED) is 0.0868. The van der Waals surface area contributed by atoms with Gasteiger partial charge in [0.15, 0.2) is 5.78 Å². The van der Waals surface area contributed by atoms with Crippen molar-refractivity contribution in [2.45, 2.75) is 26.9 Å². The van der Waals surface area contributed by atoms with Crippen LogP contribution in [0.4, 0.5) is 0 Å². The van der Waals surface area contributed by atoms with E-state index in [1.807, 2.05) is 102 Å². The van der Waals surface area contributed by atoms with E-state index >= 15 is 0 Å². The van der Waals surface area contributed by atoms with Gasteiger partial charge in [-0.3, -0.25) is 24.0 Å². The van der Waals surface area contributed by atoms with Crippen molar-refractivity contribution in [3.8, 4) is 0 Å². The summed E-state index contributed by atoms with van der Waals surface area (Å²) in [7, 11) is 2.85. The third kappa shape index (κ3) is 8.31. The normalized spacial score (nSPS) is 10.9. The molecule has 4 aromatic heterocycles. The lowest BCUT2D eigenvalue weighted by molar-refractivity contribution is -0.0758. The molecule has 3 aromatic carbocycles. The molecule has 0 bridgehead atoms. The number of hydrogen-bond acceptors (Lipinski definition) is 7. The van der Waals surface area contributed by atoms with Gasteiger partial charge in [0.05, 0.1) is 48.2 Å². The number of halogens is 2. The zero-order valence-electron chi connectivity index (χ0n) is 29.9. The molecule has 272 valence electrons. The van der Waals surface area contributed by atoms with E-state index in [-0.39, 0.29) is 27.8 Å². The fourth-order valence-corrected chi connectivity index (χ4v) is 6.92. The van der Waals surface area contributed by atoms with E-state index in [9.17, 15) is 19.2 Å². The third-order valence-corrected chi connectivity index (χ3v) is 9.73. The molecular formula is C42H35Br2N5O5. The second-order valence-corrected chi connectivity index (χ2v) is 14.2. The van der Waals surface area contributed by atoms with Crippen molar-refractivity contribution in [3.63, 3.8) is 0 Å². The highest BCUT2D eigenvalue weighted by Crippen LogP contribution is 2.20. The summed E-state index contributed by atoms with van der Waals surface area (Å²) in [6, 6.07) is 31.5. The van der Waals surface area contributed by atoms with Crippen LogP contribution in [0, 0.1) is 13.8 Å². The van der Waals surface area contributed by atoms with Crippen LogP contribution >= 0.6 is 31.9 Å². The van der Waals surface area contributed by atoms with Crippen LogP contribution < -0.4 is 10.9 Å². The molecule has 4 heterocycles. The molecule has 0 spiro atoms. The van der Waals surface area contributed by atoms with Crippen LogP contribution in [-0.2, 0) is 17.9 Å². The number of rotatable bonds is 8. The number of amides is 1. The summed E-state index contributed by atoms with van der Waals surface area (Å²) in [6.45, 7) is 4.76. The molecule has 0 atom stereocenters. The number of hydroxylamine groups is 2. The van der Waals surface area contributed by atoms with E-state index in [1.165, 1.54) is 14.2 Å². The number of carbonyl (C=O) groups is 2. The van der Waals surface area contributed by atoms with E-state index in [4.69, 9.17) is 4.84 Å². The Morgan fingerprint density at radius 2 is 1.17 bits per heavy atom. The van der Waals surface area contributed by atoms with Crippen molar-refractivity contribution in [1.29, 1.82) is 0 Å². The van der Waals surface area contributed by atoms with Crippen LogP contribution in [0.15, 0.2) is 134 Å². The average Bonchev–Trinajstić information content (AvgIpc) is 3.16. The minimum absolute atomic E-state index is 0.0537. The minimum atomic E-state index is -0.491. The molecule has 0 aliphatic carbocycles. The van der Waals surface area contributed by atoms with Crippen molar-refractivity contribution in [2.24, 2.45) is 0 Å². The number of ketones is 1. The summed E-state index contributed by atoms with van der Waals surface area (Å²) < 4.78 is 5.24. The van der Waals surface area contributed by atoms with Gasteiger partial charge >= 0.3 is 0 Å². The van der Waals surface area contributed by atoms with Gasteiger partial charge < -0.3 is 9.13 Å². The molecule has 0 saturated heterocycles. The third-order valence-electron chi connectivity index (χ3n) is 8.85. The first-order chi connectivity index (χ1) is 25.9. The number of aromatic nitrogens is 4. The van der Waals surface area contributed by atoms with E-state index in [0.717, 1.165) is 47.8 Å². The largest absolute Gasteiger partial charge is 0.340 e. The molecular weight excluding hydrogens is 814 g/mol. The van der Waals surface area contributed by atoms with E-state index in [2.05, 4.69) is 41.8 Å². The number of nitrogens with zero attached hydrogens (tertiary/aromatic N) is 5. The monoisotopic (exact) mass is 847 g/mol. The number of fused-ring (bicyclic) bond motifs is 2. The van der Waals surface area contributed by atoms with E-state index in [0.29, 0.717) is 29.4 Å². The number of pyridine rings is 4. The maximum Gasteiger partial charge on any atom is 0.282 e. The maximum absolute atomic E-state index is 13.3. The van der Waals surface area contributed by atoms with Crippen molar-refractivity contribution in [2.75, 3.05) is 14.2 Å². The standard InChI is InChI=1S/C24H19BrN2O2.C18H16BrN3O3/c1-15-10-11-18(16(2)12-15)23(28)20-14-27(13-17-6-5-9-22(25)26-17)21-8-4-3-7-19(21)24(20)29;1-21(25-2)18(24)14-11-22(10-12-6-5-9-16(19)20-12)15-8-4-3-7-13(15)17(14)23/h3-12,14H,13H2,1-2H3;3-9,11H,10H2,1-2H3. The highest BCUT2D eigenvalue weighted by atomic mass is 79.9. The lowest BCUT2D eigenvalue weighted by Gasteiger charge is -2.16. The molecule has 0 aliphatic heterocycles. The predicted octanol–water partition coefficient (Wildman–Crippen LogP) is 7.90. The van der Waals surface area contributed by atoms with Crippen LogP contribution in [0.25, 0.3) is 21.8 Å². The number of benzene rings is 3. The average molecular weight is 850 g/mol. The Hall–Kier alpha value is -5.56. The Kier molecular flexibility index (Phi) is 11.8. The molecule has 10 nitrogen and oxygen atoms in total. The van der Waals surface area contributed by atoms with Gasteiger partial charge in [-0.2, -0.15) is 0 Å². The first-order valence-electron chi connectivity index (χ1n) is 16.9. The number of aryl methyl sites for hydroxylation is 2. The summed E-state index contributed by atoms with van der Waals surface area (Å²) in [5, 5.41) is 2.04. The van der Waals surface area contributed by atoms with Gasteiger partial charge in [0.2, 0.25) is 10.9 Å². The first-order valence-corrected chi connectivity index (χ1v) is 18.4. The van der Waals surface area contributed by atoms with Crippen LogP contribution in [0.5, 0.6) is 0 Å². The number of para-hydroxylation sites is 2. The van der Waals surface area contributed by atoms with Gasteiger partial charge in [0, 0.05) is 35.8 Å². The van der Waals surface area contributed by atoms with Crippen LogP contribution in [0.2, 0.25) is 0 Å². The zero-order chi connectivity index (χ0) is 38.5. The van der Waals surface area contributed by atoms with Crippen LogP contribution in [0.3, 0.4) is 0 Å². The summed E-state index contributed by atoms with van der Waals surface area (Å²) in [5.41, 5.74) is 5.31. The number of hydrogen-bond donors (Lipinski definition) is 0. The Morgan fingerprint density at radius 3 is 1.67 bits per heavy atom. The summed E-state index contributed by atoms with van der Waals surface area (Å²) in [5.74, 6) is -0.747. The molecule has 7 rings (SSSR count). The molecule has 0 fully saturated rings. The van der Waals surface area contributed by atoms with Gasteiger partial charge in [0.1, 0.15) is 14.8 Å². The second-order valence-electron chi connectivity index (χ2n) is 12.6. The molecule has 7 aromatic rings. The Labute approximate surface area is 327 Å². The molecule has 0 N–H and O–H groups in total. The Morgan fingerprint density at radius 1 is 0.667 bits per heavy atom. The van der Waals surface area contributed by atoms with Crippen molar-refractivity contribution in [3.05, 3.63) is 184 Å². The van der Waals surface area contributed by atoms with Crippen LogP contribution in [0.1, 0.15) is 48.8 Å². The van der Waals surface area contributed by atoms with Gasteiger partial charge in [-0.15, -0.1) is 0 Å². The predicted molar refractivity (Wildman–Crippen MR) is 217 cm³/mol. The first kappa shape index (κ1) is 38.2. The minimum Gasteiger partial charge on any atom is -0.340 e. The van der Waals surface area contributed by atoms with Crippen molar-refractivity contribution < 1.29 is 14.4 Å². The molecule has 0 radical (unpaired) electrons. The second kappa shape index (κ2) is 16.6. The topological polar surface area (TPSA) is 116 Å². The molecule has 54 heavy (non-hydrogen) atoms. The molecule has 0 aliphatic rings. The van der Waals surface area contributed by atoms with E-state index < -0.39 is 5.91 Å².